The maximum Gasteiger partial charge on any atom is 0.134 e. The molecule has 0 spiro atoms. The van der Waals surface area contributed by atoms with Gasteiger partial charge in [-0.2, -0.15) is 0 Å². The van der Waals surface area contributed by atoms with Crippen molar-refractivity contribution in [2.24, 2.45) is 0 Å². The number of aryl methyl sites for hydroxylation is 1. The van der Waals surface area contributed by atoms with E-state index in [0.29, 0.717) is 17.9 Å². The first-order valence-corrected chi connectivity index (χ1v) is 9.08. The highest BCUT2D eigenvalue weighted by molar-refractivity contribution is 5.83. The minimum Gasteiger partial charge on any atom is -0.497 e. The lowest BCUT2D eigenvalue weighted by atomic mass is 9.86. The van der Waals surface area contributed by atoms with Gasteiger partial charge in [0.2, 0.25) is 0 Å². The number of fused-ring (bicyclic) bond motifs is 1. The zero-order valence-corrected chi connectivity index (χ0v) is 15.2. The quantitative estimate of drug-likeness (QED) is 0.573. The largest absolute Gasteiger partial charge is 0.497 e. The molecule has 0 amide bonds. The fourth-order valence-corrected chi connectivity index (χ4v) is 3.45. The summed E-state index contributed by atoms with van der Waals surface area (Å²) >= 11 is 0. The number of ether oxygens (including phenoxy) is 2. The van der Waals surface area contributed by atoms with Crippen LogP contribution in [0.2, 0.25) is 0 Å². The Labute approximate surface area is 158 Å². The first kappa shape index (κ1) is 17.3. The van der Waals surface area contributed by atoms with Crippen LogP contribution in [0.3, 0.4) is 0 Å². The highest BCUT2D eigenvalue weighted by atomic mass is 19.1. The molecular formula is C24H21FO2. The van der Waals surface area contributed by atoms with Gasteiger partial charge in [0, 0.05) is 11.6 Å². The van der Waals surface area contributed by atoms with Crippen LogP contribution in [0.4, 0.5) is 4.39 Å². The lowest BCUT2D eigenvalue weighted by Crippen LogP contribution is -2.03. The van der Waals surface area contributed by atoms with Crippen LogP contribution in [0.15, 0.2) is 72.8 Å². The van der Waals surface area contributed by atoms with Crippen LogP contribution in [-0.4, -0.2) is 7.11 Å². The van der Waals surface area contributed by atoms with E-state index in [1.807, 2.05) is 54.6 Å². The minimum absolute atomic E-state index is 0.268. The van der Waals surface area contributed by atoms with Gasteiger partial charge in [0.15, 0.2) is 0 Å². The summed E-state index contributed by atoms with van der Waals surface area (Å²) in [4.78, 5) is 0. The normalized spacial score (nSPS) is 12.9. The molecule has 0 saturated heterocycles. The van der Waals surface area contributed by atoms with E-state index in [2.05, 4.69) is 6.08 Å². The number of hydrogen-bond donors (Lipinski definition) is 0. The molecule has 2 nitrogen and oxygen atoms in total. The summed E-state index contributed by atoms with van der Waals surface area (Å²) in [5.41, 5.74) is 4.86. The SMILES string of the molecule is COc1ccc2c(c1)CCC=C2c1ccc(OCc2ccccc2)cc1F. The molecule has 0 atom stereocenters. The molecule has 4 rings (SSSR count). The Bertz CT molecular complexity index is 977. The third-order valence-corrected chi connectivity index (χ3v) is 4.84. The number of benzene rings is 3. The van der Waals surface area contributed by atoms with Gasteiger partial charge >= 0.3 is 0 Å². The molecule has 3 aromatic carbocycles. The van der Waals surface area contributed by atoms with Crippen LogP contribution in [0.1, 0.15) is 28.7 Å². The fourth-order valence-electron chi connectivity index (χ4n) is 3.45. The third kappa shape index (κ3) is 3.72. The molecule has 0 unspecified atom stereocenters. The predicted molar refractivity (Wildman–Crippen MR) is 106 cm³/mol. The Balaban J connectivity index is 1.57. The third-order valence-electron chi connectivity index (χ3n) is 4.84. The van der Waals surface area contributed by atoms with Gasteiger partial charge in [0.05, 0.1) is 7.11 Å². The van der Waals surface area contributed by atoms with Crippen molar-refractivity contribution in [1.29, 1.82) is 0 Å². The van der Waals surface area contributed by atoms with Crippen molar-refractivity contribution in [2.75, 3.05) is 7.11 Å². The maximum absolute atomic E-state index is 14.9. The second-order valence-electron chi connectivity index (χ2n) is 6.60. The van der Waals surface area contributed by atoms with E-state index in [1.54, 1.807) is 13.2 Å². The summed E-state index contributed by atoms with van der Waals surface area (Å²) < 4.78 is 25.9. The molecular weight excluding hydrogens is 339 g/mol. The van der Waals surface area contributed by atoms with Crippen molar-refractivity contribution >= 4 is 5.57 Å². The standard InChI is InChI=1S/C24H21FO2/c1-26-19-10-12-21-18(14-19)8-5-9-22(21)23-13-11-20(15-24(23)25)27-16-17-6-3-2-4-7-17/h2-4,6-7,9-15H,5,8,16H2,1H3. The van der Waals surface area contributed by atoms with Crippen LogP contribution in [0, 0.1) is 5.82 Å². The van der Waals surface area contributed by atoms with Crippen LogP contribution in [0.25, 0.3) is 5.57 Å². The van der Waals surface area contributed by atoms with Crippen LogP contribution in [-0.2, 0) is 13.0 Å². The molecule has 27 heavy (non-hydrogen) atoms. The lowest BCUT2D eigenvalue weighted by Gasteiger charge is -2.20. The monoisotopic (exact) mass is 360 g/mol. The van der Waals surface area contributed by atoms with E-state index < -0.39 is 0 Å². The Hall–Kier alpha value is -3.07. The summed E-state index contributed by atoms with van der Waals surface area (Å²) in [6, 6.07) is 20.9. The molecule has 0 aliphatic heterocycles. The lowest BCUT2D eigenvalue weighted by molar-refractivity contribution is 0.304. The van der Waals surface area contributed by atoms with Crippen LogP contribution < -0.4 is 9.47 Å². The maximum atomic E-state index is 14.9. The first-order valence-electron chi connectivity index (χ1n) is 9.08. The van der Waals surface area contributed by atoms with Gasteiger partial charge in [-0.3, -0.25) is 0 Å². The second kappa shape index (κ2) is 7.67. The summed E-state index contributed by atoms with van der Waals surface area (Å²) in [5.74, 6) is 1.10. The van der Waals surface area contributed by atoms with E-state index in [4.69, 9.17) is 9.47 Å². The molecule has 3 aromatic rings. The van der Waals surface area contributed by atoms with Crippen LogP contribution in [0.5, 0.6) is 11.5 Å². The van der Waals surface area contributed by atoms with E-state index in [-0.39, 0.29) is 5.82 Å². The number of halogens is 1. The number of allylic oxidation sites excluding steroid dienone is 1. The average Bonchev–Trinajstić information content (AvgIpc) is 2.72. The van der Waals surface area contributed by atoms with E-state index in [0.717, 1.165) is 35.3 Å². The Morgan fingerprint density at radius 1 is 0.889 bits per heavy atom. The van der Waals surface area contributed by atoms with Gasteiger partial charge in [0.1, 0.15) is 23.9 Å². The highest BCUT2D eigenvalue weighted by Gasteiger charge is 2.18. The van der Waals surface area contributed by atoms with Gasteiger partial charge < -0.3 is 9.47 Å². The van der Waals surface area contributed by atoms with Gasteiger partial charge in [-0.1, -0.05) is 42.5 Å². The minimum atomic E-state index is -0.268. The summed E-state index contributed by atoms with van der Waals surface area (Å²) in [6.45, 7) is 0.422. The molecule has 0 saturated carbocycles. The van der Waals surface area contributed by atoms with E-state index in [9.17, 15) is 4.39 Å². The first-order chi connectivity index (χ1) is 13.2. The molecule has 1 aliphatic carbocycles. The van der Waals surface area contributed by atoms with Crippen molar-refractivity contribution in [3.8, 4) is 11.5 Å². The average molecular weight is 360 g/mol. The Morgan fingerprint density at radius 2 is 1.67 bits per heavy atom. The molecule has 0 aromatic heterocycles. The zero-order chi connectivity index (χ0) is 18.6. The molecule has 0 N–H and O–H groups in total. The van der Waals surface area contributed by atoms with Crippen molar-refractivity contribution in [2.45, 2.75) is 19.4 Å². The molecule has 1 aliphatic rings. The van der Waals surface area contributed by atoms with Gasteiger partial charge in [0.25, 0.3) is 0 Å². The highest BCUT2D eigenvalue weighted by Crippen LogP contribution is 2.35. The zero-order valence-electron chi connectivity index (χ0n) is 15.2. The van der Waals surface area contributed by atoms with Gasteiger partial charge in [-0.15, -0.1) is 0 Å². The van der Waals surface area contributed by atoms with Crippen molar-refractivity contribution < 1.29 is 13.9 Å². The number of rotatable bonds is 5. The molecule has 136 valence electrons. The number of hydrogen-bond acceptors (Lipinski definition) is 2. The van der Waals surface area contributed by atoms with E-state index >= 15 is 0 Å². The molecule has 0 radical (unpaired) electrons. The van der Waals surface area contributed by atoms with Crippen molar-refractivity contribution in [3.63, 3.8) is 0 Å². The van der Waals surface area contributed by atoms with Gasteiger partial charge in [-0.25, -0.2) is 4.39 Å². The molecule has 0 bridgehead atoms. The smallest absolute Gasteiger partial charge is 0.134 e. The summed E-state index contributed by atoms with van der Waals surface area (Å²) in [6.07, 6.45) is 3.94. The fraction of sp³-hybridized carbons (Fsp3) is 0.167. The van der Waals surface area contributed by atoms with Crippen molar-refractivity contribution in [3.05, 3.63) is 101 Å². The van der Waals surface area contributed by atoms with Gasteiger partial charge in [-0.05, 0) is 59.4 Å². The van der Waals surface area contributed by atoms with Crippen molar-refractivity contribution in [1.82, 2.24) is 0 Å². The summed E-state index contributed by atoms with van der Waals surface area (Å²) in [7, 11) is 1.66. The molecule has 0 fully saturated rings. The Morgan fingerprint density at radius 3 is 2.44 bits per heavy atom. The topological polar surface area (TPSA) is 18.5 Å². The molecule has 0 heterocycles. The molecule has 3 heteroatoms. The van der Waals surface area contributed by atoms with Crippen LogP contribution >= 0.6 is 0 Å². The van der Waals surface area contributed by atoms with E-state index in [1.165, 1.54) is 11.6 Å². The predicted octanol–water partition coefficient (Wildman–Crippen LogP) is 5.79. The summed E-state index contributed by atoms with van der Waals surface area (Å²) in [5, 5.41) is 0. The number of methoxy groups -OCH3 is 1. The second-order valence-corrected chi connectivity index (χ2v) is 6.60. The Kier molecular flexibility index (Phi) is 4.93.